The molecular weight excluding hydrogens is 270 g/mol. The van der Waals surface area contributed by atoms with E-state index in [9.17, 15) is 0 Å². The Morgan fingerprint density at radius 3 is 3.00 bits per heavy atom. The average Bonchev–Trinajstić information content (AvgIpc) is 2.98. The summed E-state index contributed by atoms with van der Waals surface area (Å²) in [7, 11) is 0. The maximum atomic E-state index is 5.65. The fourth-order valence-corrected chi connectivity index (χ4v) is 3.79. The fraction of sp³-hybridized carbons (Fsp3) is 0.600. The van der Waals surface area contributed by atoms with Gasteiger partial charge >= 0.3 is 0 Å². The topological polar surface area (TPSA) is 42.2 Å². The molecule has 1 aliphatic carbocycles. The van der Waals surface area contributed by atoms with E-state index in [0.29, 0.717) is 12.0 Å². The Morgan fingerprint density at radius 2 is 2.25 bits per heavy atom. The number of hydrogen-bond acceptors (Lipinski definition) is 5. The maximum absolute atomic E-state index is 5.65. The molecule has 5 heteroatoms. The van der Waals surface area contributed by atoms with E-state index < -0.39 is 0 Å². The third-order valence-electron chi connectivity index (χ3n) is 4.36. The summed E-state index contributed by atoms with van der Waals surface area (Å²) in [6, 6.07) is 4.37. The molecule has 1 saturated heterocycles. The standard InChI is InChI=1S/C15H19N3OS/c1-10-6-7-18(12(9-10)13-3-2-8-19-13)15-16-14(17-20-15)11-4-5-11/h2-3,8,10-12H,4-7,9H2,1H3. The van der Waals surface area contributed by atoms with Gasteiger partial charge in [0.05, 0.1) is 12.3 Å². The maximum Gasteiger partial charge on any atom is 0.205 e. The Bertz CT molecular complexity index is 576. The van der Waals surface area contributed by atoms with Gasteiger partial charge in [0.15, 0.2) is 0 Å². The van der Waals surface area contributed by atoms with Crippen LogP contribution in [0.2, 0.25) is 0 Å². The Labute approximate surface area is 123 Å². The lowest BCUT2D eigenvalue weighted by Crippen LogP contribution is -2.36. The van der Waals surface area contributed by atoms with Gasteiger partial charge in [-0.3, -0.25) is 0 Å². The lowest BCUT2D eigenvalue weighted by molar-refractivity contribution is 0.328. The van der Waals surface area contributed by atoms with Gasteiger partial charge in [-0.15, -0.1) is 0 Å². The van der Waals surface area contributed by atoms with Crippen molar-refractivity contribution < 1.29 is 4.42 Å². The summed E-state index contributed by atoms with van der Waals surface area (Å²) in [5, 5.41) is 1.07. The molecule has 0 spiro atoms. The second kappa shape index (κ2) is 4.88. The number of anilines is 1. The van der Waals surface area contributed by atoms with E-state index in [0.717, 1.165) is 35.6 Å². The predicted octanol–water partition coefficient (Wildman–Crippen LogP) is 3.99. The molecule has 1 saturated carbocycles. The number of furan rings is 1. The first-order valence-electron chi connectivity index (χ1n) is 7.45. The fourth-order valence-electron chi connectivity index (χ4n) is 2.97. The van der Waals surface area contributed by atoms with Crippen LogP contribution in [0.25, 0.3) is 0 Å². The first-order chi connectivity index (χ1) is 9.81. The highest BCUT2D eigenvalue weighted by atomic mass is 32.1. The molecule has 0 amide bonds. The van der Waals surface area contributed by atoms with Crippen molar-refractivity contribution in [2.45, 2.75) is 44.6 Å². The molecule has 2 fully saturated rings. The van der Waals surface area contributed by atoms with Crippen molar-refractivity contribution in [3.8, 4) is 0 Å². The van der Waals surface area contributed by atoms with Gasteiger partial charge in [-0.05, 0) is 43.7 Å². The summed E-state index contributed by atoms with van der Waals surface area (Å²) in [6.45, 7) is 3.37. The van der Waals surface area contributed by atoms with Gasteiger partial charge in [-0.25, -0.2) is 4.98 Å². The molecule has 0 N–H and O–H groups in total. The van der Waals surface area contributed by atoms with Crippen LogP contribution in [0.3, 0.4) is 0 Å². The van der Waals surface area contributed by atoms with Gasteiger partial charge < -0.3 is 9.32 Å². The molecule has 2 atom stereocenters. The van der Waals surface area contributed by atoms with Gasteiger partial charge in [-0.2, -0.15) is 4.37 Å². The molecule has 0 aromatic carbocycles. The van der Waals surface area contributed by atoms with E-state index in [1.54, 1.807) is 17.8 Å². The van der Waals surface area contributed by atoms with Crippen LogP contribution in [-0.2, 0) is 0 Å². The summed E-state index contributed by atoms with van der Waals surface area (Å²) in [6.07, 6.45) is 6.63. The molecule has 1 aliphatic heterocycles. The van der Waals surface area contributed by atoms with Crippen LogP contribution in [-0.4, -0.2) is 15.9 Å². The van der Waals surface area contributed by atoms with E-state index in [1.165, 1.54) is 19.3 Å². The van der Waals surface area contributed by atoms with Crippen LogP contribution < -0.4 is 4.90 Å². The van der Waals surface area contributed by atoms with Crippen LogP contribution in [0, 0.1) is 5.92 Å². The molecule has 106 valence electrons. The van der Waals surface area contributed by atoms with Crippen LogP contribution in [0.1, 0.15) is 56.2 Å². The number of piperidine rings is 1. The highest BCUT2D eigenvalue weighted by Crippen LogP contribution is 2.42. The third kappa shape index (κ3) is 2.24. The molecule has 4 nitrogen and oxygen atoms in total. The van der Waals surface area contributed by atoms with Crippen LogP contribution in [0.15, 0.2) is 22.8 Å². The monoisotopic (exact) mass is 289 g/mol. The largest absolute Gasteiger partial charge is 0.467 e. The summed E-state index contributed by atoms with van der Waals surface area (Å²) >= 11 is 1.55. The van der Waals surface area contributed by atoms with E-state index in [4.69, 9.17) is 9.40 Å². The normalized spacial score (nSPS) is 26.9. The Morgan fingerprint density at radius 1 is 1.35 bits per heavy atom. The van der Waals surface area contributed by atoms with Crippen LogP contribution in [0.4, 0.5) is 5.13 Å². The zero-order valence-electron chi connectivity index (χ0n) is 11.7. The molecule has 3 heterocycles. The molecule has 4 rings (SSSR count). The van der Waals surface area contributed by atoms with E-state index in [-0.39, 0.29) is 0 Å². The van der Waals surface area contributed by atoms with Crippen LogP contribution >= 0.6 is 11.5 Å². The van der Waals surface area contributed by atoms with Crippen molar-refractivity contribution in [2.24, 2.45) is 5.92 Å². The van der Waals surface area contributed by atoms with Gasteiger partial charge in [0.1, 0.15) is 11.6 Å². The minimum absolute atomic E-state index is 0.314. The quantitative estimate of drug-likeness (QED) is 0.857. The summed E-state index contributed by atoms with van der Waals surface area (Å²) in [5.41, 5.74) is 0. The Balaban J connectivity index is 1.62. The summed E-state index contributed by atoms with van der Waals surface area (Å²) in [4.78, 5) is 7.16. The van der Waals surface area contributed by atoms with E-state index in [1.807, 2.05) is 6.07 Å². The minimum atomic E-state index is 0.314. The van der Waals surface area contributed by atoms with Gasteiger partial charge in [0.25, 0.3) is 0 Å². The van der Waals surface area contributed by atoms with Crippen molar-refractivity contribution in [1.82, 2.24) is 9.36 Å². The predicted molar refractivity (Wildman–Crippen MR) is 79.1 cm³/mol. The zero-order valence-corrected chi connectivity index (χ0v) is 12.5. The summed E-state index contributed by atoms with van der Waals surface area (Å²) in [5.74, 6) is 3.48. The highest BCUT2D eigenvalue weighted by Gasteiger charge is 2.33. The first-order valence-corrected chi connectivity index (χ1v) is 8.22. The van der Waals surface area contributed by atoms with Gasteiger partial charge in [0, 0.05) is 24.0 Å². The van der Waals surface area contributed by atoms with Crippen molar-refractivity contribution in [2.75, 3.05) is 11.4 Å². The third-order valence-corrected chi connectivity index (χ3v) is 5.12. The lowest BCUT2D eigenvalue weighted by Gasteiger charge is -2.37. The number of hydrogen-bond donors (Lipinski definition) is 0. The minimum Gasteiger partial charge on any atom is -0.467 e. The second-order valence-corrected chi connectivity index (χ2v) is 6.79. The van der Waals surface area contributed by atoms with Gasteiger partial charge in [0.2, 0.25) is 5.13 Å². The first kappa shape index (κ1) is 12.4. The average molecular weight is 289 g/mol. The van der Waals surface area contributed by atoms with Crippen molar-refractivity contribution in [3.63, 3.8) is 0 Å². The molecule has 2 aromatic heterocycles. The van der Waals surface area contributed by atoms with Crippen molar-refractivity contribution >= 4 is 16.7 Å². The van der Waals surface area contributed by atoms with Crippen molar-refractivity contribution in [1.29, 1.82) is 0 Å². The van der Waals surface area contributed by atoms with E-state index >= 15 is 0 Å². The number of rotatable bonds is 3. The molecule has 0 bridgehead atoms. The lowest BCUT2D eigenvalue weighted by atomic mass is 9.91. The zero-order chi connectivity index (χ0) is 13.5. The molecule has 2 aliphatic rings. The number of nitrogens with zero attached hydrogens (tertiary/aromatic N) is 3. The molecular formula is C15H19N3OS. The van der Waals surface area contributed by atoms with E-state index in [2.05, 4.69) is 22.3 Å². The smallest absolute Gasteiger partial charge is 0.205 e. The van der Waals surface area contributed by atoms with Crippen LogP contribution in [0.5, 0.6) is 0 Å². The Hall–Kier alpha value is -1.36. The molecule has 2 unspecified atom stereocenters. The molecule has 2 aromatic rings. The molecule has 0 radical (unpaired) electrons. The number of aromatic nitrogens is 2. The SMILES string of the molecule is CC1CCN(c2nc(C3CC3)ns2)C(c2ccco2)C1. The Kier molecular flexibility index (Phi) is 3.02. The van der Waals surface area contributed by atoms with Crippen molar-refractivity contribution in [3.05, 3.63) is 30.0 Å². The van der Waals surface area contributed by atoms with Gasteiger partial charge in [-0.1, -0.05) is 6.92 Å². The molecule has 20 heavy (non-hydrogen) atoms. The highest BCUT2D eigenvalue weighted by molar-refractivity contribution is 7.09. The second-order valence-electron chi connectivity index (χ2n) is 6.06. The summed E-state index contributed by atoms with van der Waals surface area (Å²) < 4.78 is 10.2.